The second-order valence-electron chi connectivity index (χ2n) is 6.38. The van der Waals surface area contributed by atoms with Crippen LogP contribution in [0, 0.1) is 6.92 Å². The molecule has 5 heteroatoms. The summed E-state index contributed by atoms with van der Waals surface area (Å²) in [5.41, 5.74) is 7.37. The predicted octanol–water partition coefficient (Wildman–Crippen LogP) is 5.23. The van der Waals surface area contributed by atoms with E-state index in [0.717, 1.165) is 28.0 Å². The molecular weight excluding hydrogens is 372 g/mol. The third-order valence-corrected chi connectivity index (χ3v) is 4.68. The van der Waals surface area contributed by atoms with Gasteiger partial charge < -0.3 is 4.74 Å². The molecule has 0 bridgehead atoms. The van der Waals surface area contributed by atoms with Gasteiger partial charge >= 0.3 is 0 Å². The van der Waals surface area contributed by atoms with Crippen molar-refractivity contribution in [2.45, 2.75) is 13.8 Å². The minimum atomic E-state index is -0.326. The summed E-state index contributed by atoms with van der Waals surface area (Å²) in [5.74, 6) is 0.266. The molecule has 1 amide bonds. The van der Waals surface area contributed by atoms with E-state index < -0.39 is 0 Å². The van der Waals surface area contributed by atoms with E-state index in [-0.39, 0.29) is 12.5 Å². The van der Waals surface area contributed by atoms with Gasteiger partial charge in [0.1, 0.15) is 5.75 Å². The van der Waals surface area contributed by atoms with E-state index in [1.807, 2.05) is 56.3 Å². The molecule has 0 unspecified atom stereocenters. The van der Waals surface area contributed by atoms with Crippen molar-refractivity contribution in [3.8, 4) is 16.9 Å². The molecule has 0 saturated heterocycles. The first-order chi connectivity index (χ1) is 13.5. The summed E-state index contributed by atoms with van der Waals surface area (Å²) in [4.78, 5) is 12.0. The first kappa shape index (κ1) is 19.6. The van der Waals surface area contributed by atoms with Crippen molar-refractivity contribution in [1.29, 1.82) is 0 Å². The second-order valence-corrected chi connectivity index (χ2v) is 6.78. The zero-order valence-electron chi connectivity index (χ0n) is 15.8. The molecule has 0 radical (unpaired) electrons. The average Bonchev–Trinajstić information content (AvgIpc) is 2.73. The minimum Gasteiger partial charge on any atom is -0.484 e. The van der Waals surface area contributed by atoms with Crippen LogP contribution in [0.3, 0.4) is 0 Å². The number of nitrogens with one attached hydrogen (secondary N) is 1. The lowest BCUT2D eigenvalue weighted by Gasteiger charge is -2.08. The Morgan fingerprint density at radius 3 is 2.36 bits per heavy atom. The maximum Gasteiger partial charge on any atom is 0.277 e. The zero-order chi connectivity index (χ0) is 19.9. The Kier molecular flexibility index (Phi) is 6.45. The van der Waals surface area contributed by atoms with E-state index >= 15 is 0 Å². The van der Waals surface area contributed by atoms with Gasteiger partial charge in [0, 0.05) is 5.02 Å². The monoisotopic (exact) mass is 392 g/mol. The van der Waals surface area contributed by atoms with Crippen LogP contribution in [0.5, 0.6) is 5.75 Å². The van der Waals surface area contributed by atoms with Crippen molar-refractivity contribution in [2.24, 2.45) is 5.10 Å². The number of carbonyl (C=O) groups is 1. The fourth-order valence-electron chi connectivity index (χ4n) is 2.63. The molecule has 0 aliphatic rings. The first-order valence-electron chi connectivity index (χ1n) is 8.91. The maximum absolute atomic E-state index is 12.0. The molecule has 0 aromatic heterocycles. The molecule has 0 aliphatic carbocycles. The molecule has 3 aromatic rings. The first-order valence-corrected chi connectivity index (χ1v) is 9.28. The van der Waals surface area contributed by atoms with Crippen molar-refractivity contribution < 1.29 is 9.53 Å². The van der Waals surface area contributed by atoms with E-state index in [0.29, 0.717) is 10.8 Å². The van der Waals surface area contributed by atoms with Crippen LogP contribution in [0.15, 0.2) is 77.9 Å². The Balaban J connectivity index is 1.56. The molecule has 0 aliphatic heterocycles. The van der Waals surface area contributed by atoms with Gasteiger partial charge in [0.15, 0.2) is 6.61 Å². The summed E-state index contributed by atoms with van der Waals surface area (Å²) in [6, 6.07) is 23.5. The number of hydrogen-bond donors (Lipinski definition) is 1. The number of ether oxygens (including phenoxy) is 1. The lowest BCUT2D eigenvalue weighted by molar-refractivity contribution is -0.123. The summed E-state index contributed by atoms with van der Waals surface area (Å²) in [5, 5.41) is 4.82. The summed E-state index contributed by atoms with van der Waals surface area (Å²) >= 11 is 5.98. The molecule has 3 aromatic carbocycles. The summed E-state index contributed by atoms with van der Waals surface area (Å²) < 4.78 is 5.47. The van der Waals surface area contributed by atoms with Crippen LogP contribution < -0.4 is 10.2 Å². The van der Waals surface area contributed by atoms with Gasteiger partial charge in [-0.05, 0) is 54.3 Å². The number of carbonyl (C=O) groups excluding carboxylic acids is 1. The van der Waals surface area contributed by atoms with Gasteiger partial charge in [-0.25, -0.2) is 5.43 Å². The number of amides is 1. The van der Waals surface area contributed by atoms with Crippen LogP contribution in [0.25, 0.3) is 11.1 Å². The van der Waals surface area contributed by atoms with Crippen molar-refractivity contribution in [3.05, 3.63) is 88.9 Å². The number of rotatable bonds is 6. The van der Waals surface area contributed by atoms with Gasteiger partial charge in [0.2, 0.25) is 0 Å². The molecule has 4 nitrogen and oxygen atoms in total. The Morgan fingerprint density at radius 2 is 1.68 bits per heavy atom. The second kappa shape index (κ2) is 9.20. The van der Waals surface area contributed by atoms with E-state index in [1.54, 1.807) is 18.2 Å². The average molecular weight is 393 g/mol. The molecule has 0 heterocycles. The summed E-state index contributed by atoms with van der Waals surface area (Å²) in [6.07, 6.45) is 0. The molecule has 3 rings (SSSR count). The summed E-state index contributed by atoms with van der Waals surface area (Å²) in [7, 11) is 0. The third-order valence-electron chi connectivity index (χ3n) is 4.26. The molecule has 1 N–H and O–H groups in total. The van der Waals surface area contributed by atoms with Gasteiger partial charge in [0.05, 0.1) is 5.71 Å². The number of hydrazone groups is 1. The van der Waals surface area contributed by atoms with Crippen LogP contribution >= 0.6 is 11.6 Å². The van der Waals surface area contributed by atoms with E-state index in [4.69, 9.17) is 16.3 Å². The van der Waals surface area contributed by atoms with Crippen molar-refractivity contribution in [1.82, 2.24) is 5.43 Å². The Morgan fingerprint density at radius 1 is 1.00 bits per heavy atom. The van der Waals surface area contributed by atoms with Crippen molar-refractivity contribution in [2.75, 3.05) is 6.61 Å². The number of aryl methyl sites for hydroxylation is 1. The van der Waals surface area contributed by atoms with Gasteiger partial charge in [-0.3, -0.25) is 4.79 Å². The predicted molar refractivity (Wildman–Crippen MR) is 114 cm³/mol. The largest absolute Gasteiger partial charge is 0.484 e. The van der Waals surface area contributed by atoms with Crippen LogP contribution in [0.1, 0.15) is 18.1 Å². The Hall–Kier alpha value is -3.11. The van der Waals surface area contributed by atoms with Crippen LogP contribution in [0.4, 0.5) is 0 Å². The molecular formula is C23H21ClN2O2. The van der Waals surface area contributed by atoms with Crippen molar-refractivity contribution >= 4 is 23.2 Å². The highest BCUT2D eigenvalue weighted by atomic mass is 35.5. The van der Waals surface area contributed by atoms with Gasteiger partial charge in [0.25, 0.3) is 5.91 Å². The molecule has 142 valence electrons. The van der Waals surface area contributed by atoms with Gasteiger partial charge in [-0.1, -0.05) is 66.2 Å². The maximum atomic E-state index is 12.0. The topological polar surface area (TPSA) is 50.7 Å². The SMILES string of the molecule is C/C(=N\NC(=O)COc1ccc(Cl)c(C)c1)c1ccc(-c2ccccc2)cc1. The number of nitrogens with zero attached hydrogens (tertiary/aromatic N) is 1. The molecule has 0 saturated carbocycles. The third kappa shape index (κ3) is 5.21. The van der Waals surface area contributed by atoms with E-state index in [2.05, 4.69) is 22.7 Å². The van der Waals surface area contributed by atoms with Crippen LogP contribution in [-0.4, -0.2) is 18.2 Å². The lowest BCUT2D eigenvalue weighted by Crippen LogP contribution is -2.25. The quantitative estimate of drug-likeness (QED) is 0.461. The summed E-state index contributed by atoms with van der Waals surface area (Å²) in [6.45, 7) is 3.61. The minimum absolute atomic E-state index is 0.120. The highest BCUT2D eigenvalue weighted by molar-refractivity contribution is 6.31. The zero-order valence-corrected chi connectivity index (χ0v) is 16.5. The number of benzene rings is 3. The smallest absolute Gasteiger partial charge is 0.277 e. The fraction of sp³-hybridized carbons (Fsp3) is 0.130. The standard InChI is InChI=1S/C23H21ClN2O2/c1-16-14-21(12-13-22(16)24)28-15-23(27)26-25-17(2)18-8-10-20(11-9-18)19-6-4-3-5-7-19/h3-14H,15H2,1-2H3,(H,26,27)/b25-17+. The van der Waals surface area contributed by atoms with Crippen LogP contribution in [0.2, 0.25) is 5.02 Å². The Bertz CT molecular complexity index is 983. The fourth-order valence-corrected chi connectivity index (χ4v) is 2.75. The highest BCUT2D eigenvalue weighted by Gasteiger charge is 2.05. The van der Waals surface area contributed by atoms with E-state index in [9.17, 15) is 4.79 Å². The van der Waals surface area contributed by atoms with Crippen LogP contribution in [-0.2, 0) is 4.79 Å². The van der Waals surface area contributed by atoms with E-state index in [1.165, 1.54) is 0 Å². The molecule has 28 heavy (non-hydrogen) atoms. The van der Waals surface area contributed by atoms with Gasteiger partial charge in [-0.2, -0.15) is 5.10 Å². The Labute approximate surface area is 169 Å². The van der Waals surface area contributed by atoms with Gasteiger partial charge in [-0.15, -0.1) is 0 Å². The number of hydrogen-bond acceptors (Lipinski definition) is 3. The van der Waals surface area contributed by atoms with Crippen molar-refractivity contribution in [3.63, 3.8) is 0 Å². The normalized spacial score (nSPS) is 11.2. The number of halogens is 1. The molecule has 0 atom stereocenters. The highest BCUT2D eigenvalue weighted by Crippen LogP contribution is 2.21. The molecule has 0 fully saturated rings. The molecule has 0 spiro atoms. The lowest BCUT2D eigenvalue weighted by atomic mass is 10.0.